The van der Waals surface area contributed by atoms with Crippen molar-refractivity contribution in [3.63, 3.8) is 0 Å². The van der Waals surface area contributed by atoms with E-state index in [2.05, 4.69) is 88.7 Å². The van der Waals surface area contributed by atoms with Crippen molar-refractivity contribution < 1.29 is 14.3 Å². The van der Waals surface area contributed by atoms with Crippen LogP contribution in [0.2, 0.25) is 0 Å². The lowest BCUT2D eigenvalue weighted by atomic mass is 10.2. The third-order valence-electron chi connectivity index (χ3n) is 3.46. The van der Waals surface area contributed by atoms with Gasteiger partial charge in [-0.05, 0) is 140 Å². The van der Waals surface area contributed by atoms with E-state index in [0.29, 0.717) is 5.90 Å². The van der Waals surface area contributed by atoms with Crippen LogP contribution in [0.25, 0.3) is 6.08 Å². The third-order valence-corrected chi connectivity index (χ3v) is 7.41. The highest BCUT2D eigenvalue weighted by atomic mass is 127. The molecule has 27 heavy (non-hydrogen) atoms. The average Bonchev–Trinajstić information content (AvgIpc) is 2.94. The predicted octanol–water partition coefficient (Wildman–Crippen LogP) is 6.39. The summed E-state index contributed by atoms with van der Waals surface area (Å²) in [6.07, 6.45) is 1.84. The van der Waals surface area contributed by atoms with E-state index in [0.717, 1.165) is 32.1 Å². The molecule has 0 atom stereocenters. The molecule has 0 N–H and O–H groups in total. The van der Waals surface area contributed by atoms with Gasteiger partial charge < -0.3 is 9.47 Å². The summed E-state index contributed by atoms with van der Waals surface area (Å²) in [5.41, 5.74) is 1.91. The number of hydrogen-bond acceptors (Lipinski definition) is 4. The molecule has 2 aromatic rings. The first-order chi connectivity index (χ1) is 12.7. The molecule has 0 aliphatic carbocycles. The number of carbonyl (C=O) groups is 1. The molecule has 1 aliphatic heterocycles. The Labute approximate surface area is 206 Å². The molecule has 8 heteroatoms. The second kappa shape index (κ2) is 9.08. The summed E-state index contributed by atoms with van der Waals surface area (Å²) in [5.74, 6) is 0.718. The van der Waals surface area contributed by atoms with Gasteiger partial charge in [0, 0.05) is 13.6 Å². The van der Waals surface area contributed by atoms with Gasteiger partial charge in [-0.1, -0.05) is 0 Å². The molecule has 3 rings (SSSR count). The van der Waals surface area contributed by atoms with E-state index in [1.807, 2.05) is 44.2 Å². The molecule has 140 valence electrons. The molecule has 0 bridgehead atoms. The van der Waals surface area contributed by atoms with E-state index in [1.54, 1.807) is 6.08 Å². The van der Waals surface area contributed by atoms with E-state index in [1.165, 1.54) is 0 Å². The van der Waals surface area contributed by atoms with Gasteiger partial charge in [0.1, 0.15) is 5.75 Å². The van der Waals surface area contributed by atoms with Gasteiger partial charge in [-0.15, -0.1) is 0 Å². The Bertz CT molecular complexity index is 963. The number of esters is 1. The Balaban J connectivity index is 1.93. The molecule has 1 heterocycles. The number of benzene rings is 2. The van der Waals surface area contributed by atoms with E-state index in [4.69, 9.17) is 9.47 Å². The number of hydrogen-bond donors (Lipinski definition) is 0. The average molecular weight is 764 g/mol. The summed E-state index contributed by atoms with van der Waals surface area (Å²) in [6.45, 7) is 3.99. The lowest BCUT2D eigenvalue weighted by Crippen LogP contribution is -2.08. The lowest BCUT2D eigenvalue weighted by Gasteiger charge is -2.14. The minimum absolute atomic E-state index is 0.0986. The van der Waals surface area contributed by atoms with E-state index in [9.17, 15) is 4.79 Å². The number of rotatable bonds is 4. The van der Waals surface area contributed by atoms with Crippen LogP contribution in [0.1, 0.15) is 25.0 Å². The maximum atomic E-state index is 12.2. The van der Waals surface area contributed by atoms with Crippen LogP contribution >= 0.6 is 83.7 Å². The monoisotopic (exact) mass is 763 g/mol. The third kappa shape index (κ3) is 5.24. The highest BCUT2D eigenvalue weighted by Crippen LogP contribution is 2.31. The maximum absolute atomic E-state index is 12.2. The van der Waals surface area contributed by atoms with Crippen molar-refractivity contribution in [2.45, 2.75) is 20.0 Å². The zero-order valence-electron chi connectivity index (χ0n) is 14.2. The highest BCUT2D eigenvalue weighted by Gasteiger charge is 2.24. The van der Waals surface area contributed by atoms with Crippen molar-refractivity contribution in [1.82, 2.24) is 0 Å². The van der Waals surface area contributed by atoms with Gasteiger partial charge in [-0.3, -0.25) is 0 Å². The topological polar surface area (TPSA) is 47.9 Å². The fourth-order valence-corrected chi connectivity index (χ4v) is 5.12. The van der Waals surface area contributed by atoms with Gasteiger partial charge in [0.05, 0.1) is 13.2 Å². The highest BCUT2D eigenvalue weighted by molar-refractivity contribution is 14.1. The van der Waals surface area contributed by atoms with Crippen LogP contribution in [0.3, 0.4) is 0 Å². The van der Waals surface area contributed by atoms with Crippen LogP contribution in [0.4, 0.5) is 0 Å². The summed E-state index contributed by atoms with van der Waals surface area (Å²) in [6, 6.07) is 9.65. The van der Waals surface area contributed by atoms with Crippen LogP contribution in [-0.2, 0) is 9.53 Å². The van der Waals surface area contributed by atoms with Gasteiger partial charge in [0.25, 0.3) is 0 Å². The first-order valence-corrected chi connectivity index (χ1v) is 11.9. The SMILES string of the molecule is CC(C)Oc1c(I)cc(/C=C2\N=C(c3ccc(I)c(Br)c3)OC2=O)cc1I. The molecule has 4 nitrogen and oxygen atoms in total. The maximum Gasteiger partial charge on any atom is 0.363 e. The molecule has 2 aromatic carbocycles. The number of ether oxygens (including phenoxy) is 2. The zero-order chi connectivity index (χ0) is 19.7. The Morgan fingerprint density at radius 3 is 2.37 bits per heavy atom. The summed E-state index contributed by atoms with van der Waals surface area (Å²) in [5, 5.41) is 0. The Kier molecular flexibility index (Phi) is 7.23. The van der Waals surface area contributed by atoms with Gasteiger partial charge in [-0.2, -0.15) is 0 Å². The number of nitrogens with zero attached hydrogens (tertiary/aromatic N) is 1. The van der Waals surface area contributed by atoms with Crippen molar-refractivity contribution in [3.8, 4) is 5.75 Å². The molecule has 0 amide bonds. The largest absolute Gasteiger partial charge is 0.489 e. The van der Waals surface area contributed by atoms with Gasteiger partial charge >= 0.3 is 5.97 Å². The van der Waals surface area contributed by atoms with Gasteiger partial charge in [0.15, 0.2) is 5.70 Å². The van der Waals surface area contributed by atoms with Crippen LogP contribution in [-0.4, -0.2) is 18.0 Å². The van der Waals surface area contributed by atoms with Crippen molar-refractivity contribution in [2.24, 2.45) is 4.99 Å². The molecular formula is C19H13BrI3NO3. The summed E-state index contributed by atoms with van der Waals surface area (Å²) in [7, 11) is 0. The van der Waals surface area contributed by atoms with Crippen molar-refractivity contribution in [1.29, 1.82) is 0 Å². The first-order valence-electron chi connectivity index (χ1n) is 7.88. The standard InChI is InChI=1S/C19H13BrI3NO3/c1-9(2)26-17-14(22)5-10(6-15(17)23)7-16-19(25)27-18(24-16)11-3-4-13(21)12(20)8-11/h3-9H,1-2H3/b16-7-. The molecule has 0 unspecified atom stereocenters. The lowest BCUT2D eigenvalue weighted by molar-refractivity contribution is -0.129. The Morgan fingerprint density at radius 2 is 1.78 bits per heavy atom. The smallest absolute Gasteiger partial charge is 0.363 e. The molecule has 0 saturated heterocycles. The van der Waals surface area contributed by atoms with Crippen molar-refractivity contribution in [2.75, 3.05) is 0 Å². The number of halogens is 4. The molecule has 0 spiro atoms. The summed E-state index contributed by atoms with van der Waals surface area (Å²) < 4.78 is 15.2. The molecule has 0 aromatic heterocycles. The second-order valence-electron chi connectivity index (χ2n) is 5.95. The quantitative estimate of drug-likeness (QED) is 0.206. The van der Waals surface area contributed by atoms with Crippen LogP contribution < -0.4 is 4.74 Å². The van der Waals surface area contributed by atoms with Crippen molar-refractivity contribution in [3.05, 3.63) is 62.3 Å². The van der Waals surface area contributed by atoms with Crippen LogP contribution in [0.15, 0.2) is 45.5 Å². The fourth-order valence-electron chi connectivity index (χ4n) is 2.33. The van der Waals surface area contributed by atoms with Gasteiger partial charge in [0.2, 0.25) is 5.90 Å². The summed E-state index contributed by atoms with van der Waals surface area (Å²) >= 11 is 10.2. The Hall–Kier alpha value is -0.210. The van der Waals surface area contributed by atoms with Crippen LogP contribution in [0.5, 0.6) is 5.75 Å². The van der Waals surface area contributed by atoms with Gasteiger partial charge in [-0.25, -0.2) is 9.79 Å². The van der Waals surface area contributed by atoms with Crippen molar-refractivity contribution >= 4 is 102 Å². The second-order valence-corrected chi connectivity index (χ2v) is 10.3. The minimum Gasteiger partial charge on any atom is -0.489 e. The molecule has 0 saturated carbocycles. The normalized spacial score (nSPS) is 15.3. The molecule has 1 aliphatic rings. The molecular weight excluding hydrogens is 751 g/mol. The predicted molar refractivity (Wildman–Crippen MR) is 135 cm³/mol. The number of cyclic esters (lactones) is 1. The van der Waals surface area contributed by atoms with E-state index in [-0.39, 0.29) is 11.8 Å². The van der Waals surface area contributed by atoms with E-state index >= 15 is 0 Å². The number of aliphatic imine (C=N–C) groups is 1. The molecule has 0 radical (unpaired) electrons. The fraction of sp³-hybridized carbons (Fsp3) is 0.158. The first kappa shape index (κ1) is 21.5. The zero-order valence-corrected chi connectivity index (χ0v) is 22.3. The number of carbonyl (C=O) groups excluding carboxylic acids is 1. The Morgan fingerprint density at radius 1 is 1.11 bits per heavy atom. The molecule has 0 fully saturated rings. The summed E-state index contributed by atoms with van der Waals surface area (Å²) in [4.78, 5) is 16.6. The minimum atomic E-state index is -0.452. The van der Waals surface area contributed by atoms with E-state index < -0.39 is 5.97 Å². The van der Waals surface area contributed by atoms with Crippen LogP contribution in [0, 0.1) is 10.7 Å².